The van der Waals surface area contributed by atoms with Crippen molar-refractivity contribution in [3.63, 3.8) is 0 Å². The molecule has 0 aliphatic heterocycles. The molecule has 2 N–H and O–H groups in total. The topological polar surface area (TPSA) is 58.6 Å². The third-order valence-corrected chi connectivity index (χ3v) is 4.26. The average molecular weight is 305 g/mol. The van der Waals surface area contributed by atoms with E-state index < -0.39 is 0 Å². The van der Waals surface area contributed by atoms with Crippen molar-refractivity contribution in [1.82, 2.24) is 5.32 Å². The van der Waals surface area contributed by atoms with Gasteiger partial charge < -0.3 is 15.2 Å². The van der Waals surface area contributed by atoms with E-state index in [2.05, 4.69) is 10.1 Å². The molecular formula is C16H19NO3S. The molecule has 0 aliphatic rings. The number of hydrogen-bond donors (Lipinski definition) is 2. The van der Waals surface area contributed by atoms with Crippen LogP contribution in [0.15, 0.2) is 42.5 Å². The maximum atomic E-state index is 11.2. The molecule has 4 nitrogen and oxygen atoms in total. The second-order valence-corrected chi connectivity index (χ2v) is 5.90. The van der Waals surface area contributed by atoms with Crippen molar-refractivity contribution in [3.05, 3.63) is 57.8 Å². The zero-order chi connectivity index (χ0) is 15.1. The first-order valence-electron chi connectivity index (χ1n) is 6.76. The fourth-order valence-corrected chi connectivity index (χ4v) is 2.98. The molecule has 1 atom stereocenters. The van der Waals surface area contributed by atoms with Crippen molar-refractivity contribution in [2.24, 2.45) is 0 Å². The predicted molar refractivity (Wildman–Crippen MR) is 83.1 cm³/mol. The number of nitrogens with one attached hydrogen (secondary N) is 1. The molecule has 0 aliphatic carbocycles. The zero-order valence-electron chi connectivity index (χ0n) is 11.9. The van der Waals surface area contributed by atoms with Gasteiger partial charge in [0.05, 0.1) is 26.2 Å². The maximum Gasteiger partial charge on any atom is 0.310 e. The van der Waals surface area contributed by atoms with Gasteiger partial charge in [0.2, 0.25) is 0 Å². The Bertz CT molecular complexity index is 568. The van der Waals surface area contributed by atoms with Crippen molar-refractivity contribution in [2.75, 3.05) is 13.7 Å². The van der Waals surface area contributed by atoms with Gasteiger partial charge in [0.25, 0.3) is 0 Å². The first kappa shape index (κ1) is 15.7. The van der Waals surface area contributed by atoms with Gasteiger partial charge in [0.1, 0.15) is 0 Å². The molecule has 0 saturated heterocycles. The number of ether oxygens (including phenoxy) is 1. The predicted octanol–water partition coefficient (Wildman–Crippen LogP) is 2.29. The number of aliphatic hydroxyl groups is 1. The van der Waals surface area contributed by atoms with E-state index in [1.165, 1.54) is 7.11 Å². The van der Waals surface area contributed by atoms with E-state index in [0.29, 0.717) is 13.0 Å². The van der Waals surface area contributed by atoms with E-state index in [4.69, 9.17) is 0 Å². The standard InChI is InChI=1S/C16H19NO3S/c1-20-16(19)9-13-7-8-14(21-13)10-17-15(11-18)12-5-3-2-4-6-12/h2-8,15,17-18H,9-11H2,1H3/t15-/m0/s1. The van der Waals surface area contributed by atoms with Gasteiger partial charge in [-0.2, -0.15) is 0 Å². The molecule has 0 spiro atoms. The highest BCUT2D eigenvalue weighted by molar-refractivity contribution is 7.12. The van der Waals surface area contributed by atoms with Gasteiger partial charge >= 0.3 is 5.97 Å². The molecule has 2 aromatic rings. The van der Waals surface area contributed by atoms with E-state index in [9.17, 15) is 9.90 Å². The Morgan fingerprint density at radius 3 is 2.62 bits per heavy atom. The summed E-state index contributed by atoms with van der Waals surface area (Å²) in [5.74, 6) is -0.228. The van der Waals surface area contributed by atoms with Gasteiger partial charge in [-0.1, -0.05) is 30.3 Å². The summed E-state index contributed by atoms with van der Waals surface area (Å²) in [7, 11) is 1.39. The lowest BCUT2D eigenvalue weighted by atomic mass is 10.1. The number of hydrogen-bond acceptors (Lipinski definition) is 5. The van der Waals surface area contributed by atoms with Crippen LogP contribution < -0.4 is 5.32 Å². The zero-order valence-corrected chi connectivity index (χ0v) is 12.7. The van der Waals surface area contributed by atoms with Gasteiger partial charge in [-0.3, -0.25) is 4.79 Å². The van der Waals surface area contributed by atoms with Crippen molar-refractivity contribution in [3.8, 4) is 0 Å². The number of methoxy groups -OCH3 is 1. The van der Waals surface area contributed by atoms with E-state index in [1.807, 2.05) is 42.5 Å². The fourth-order valence-electron chi connectivity index (χ4n) is 2.02. The first-order chi connectivity index (χ1) is 10.2. The molecule has 2 rings (SSSR count). The van der Waals surface area contributed by atoms with Gasteiger partial charge in [0, 0.05) is 16.3 Å². The highest BCUT2D eigenvalue weighted by atomic mass is 32.1. The van der Waals surface area contributed by atoms with Gasteiger partial charge in [-0.15, -0.1) is 11.3 Å². The normalized spacial score (nSPS) is 12.1. The van der Waals surface area contributed by atoms with Crippen LogP contribution in [0.3, 0.4) is 0 Å². The Morgan fingerprint density at radius 2 is 1.95 bits per heavy atom. The van der Waals surface area contributed by atoms with Crippen LogP contribution in [0.4, 0.5) is 0 Å². The quantitative estimate of drug-likeness (QED) is 0.771. The van der Waals surface area contributed by atoms with Crippen LogP contribution in [-0.2, 0) is 22.5 Å². The van der Waals surface area contributed by atoms with Gasteiger partial charge in [-0.25, -0.2) is 0 Å². The second kappa shape index (κ2) is 7.93. The maximum absolute atomic E-state index is 11.2. The lowest BCUT2D eigenvalue weighted by Crippen LogP contribution is -2.23. The molecule has 0 amide bonds. The number of aliphatic hydroxyl groups excluding tert-OH is 1. The molecule has 1 heterocycles. The molecule has 0 fully saturated rings. The summed E-state index contributed by atoms with van der Waals surface area (Å²) < 4.78 is 4.66. The highest BCUT2D eigenvalue weighted by Gasteiger charge is 2.11. The van der Waals surface area contributed by atoms with Crippen molar-refractivity contribution in [2.45, 2.75) is 19.0 Å². The van der Waals surface area contributed by atoms with Crippen LogP contribution >= 0.6 is 11.3 Å². The third kappa shape index (κ3) is 4.67. The molecule has 5 heteroatoms. The van der Waals surface area contributed by atoms with Crippen LogP contribution in [0.25, 0.3) is 0 Å². The third-order valence-electron chi connectivity index (χ3n) is 3.17. The number of rotatable bonds is 7. The minimum Gasteiger partial charge on any atom is -0.469 e. The summed E-state index contributed by atoms with van der Waals surface area (Å²) in [5.41, 5.74) is 1.06. The summed E-state index contributed by atoms with van der Waals surface area (Å²) in [6.07, 6.45) is 0.309. The Balaban J connectivity index is 1.91. The molecule has 0 radical (unpaired) electrons. The number of thiophene rings is 1. The Kier molecular flexibility index (Phi) is 5.92. The highest BCUT2D eigenvalue weighted by Crippen LogP contribution is 2.19. The van der Waals surface area contributed by atoms with Crippen LogP contribution in [0.2, 0.25) is 0 Å². The summed E-state index contributed by atoms with van der Waals surface area (Å²) in [5, 5.41) is 12.8. The monoisotopic (exact) mass is 305 g/mol. The number of benzene rings is 1. The summed E-state index contributed by atoms with van der Waals surface area (Å²) >= 11 is 1.58. The smallest absolute Gasteiger partial charge is 0.310 e. The number of carbonyl (C=O) groups excluding carboxylic acids is 1. The Morgan fingerprint density at radius 1 is 1.24 bits per heavy atom. The van der Waals surface area contributed by atoms with Crippen molar-refractivity contribution >= 4 is 17.3 Å². The van der Waals surface area contributed by atoms with E-state index in [0.717, 1.165) is 15.3 Å². The van der Waals surface area contributed by atoms with Crippen LogP contribution in [0.5, 0.6) is 0 Å². The van der Waals surface area contributed by atoms with Crippen molar-refractivity contribution in [1.29, 1.82) is 0 Å². The Labute approximate surface area is 128 Å². The largest absolute Gasteiger partial charge is 0.469 e. The molecule has 0 unspecified atom stereocenters. The molecule has 1 aromatic carbocycles. The SMILES string of the molecule is COC(=O)Cc1ccc(CN[C@@H](CO)c2ccccc2)s1. The van der Waals surface area contributed by atoms with Gasteiger partial charge in [-0.05, 0) is 17.7 Å². The molecule has 1 aromatic heterocycles. The molecule has 21 heavy (non-hydrogen) atoms. The van der Waals surface area contributed by atoms with Gasteiger partial charge in [0.15, 0.2) is 0 Å². The first-order valence-corrected chi connectivity index (χ1v) is 7.58. The average Bonchev–Trinajstić information content (AvgIpc) is 2.96. The Hall–Kier alpha value is -1.69. The summed E-state index contributed by atoms with van der Waals surface area (Å²) in [4.78, 5) is 13.3. The van der Waals surface area contributed by atoms with Crippen LogP contribution in [0, 0.1) is 0 Å². The van der Waals surface area contributed by atoms with E-state index in [-0.39, 0.29) is 18.6 Å². The van der Waals surface area contributed by atoms with Crippen LogP contribution in [0.1, 0.15) is 21.4 Å². The molecule has 112 valence electrons. The lowest BCUT2D eigenvalue weighted by molar-refractivity contribution is -0.139. The summed E-state index contributed by atoms with van der Waals surface area (Å²) in [6, 6.07) is 13.7. The molecular weight excluding hydrogens is 286 g/mol. The number of esters is 1. The molecule has 0 saturated carbocycles. The lowest BCUT2D eigenvalue weighted by Gasteiger charge is -2.16. The number of carbonyl (C=O) groups is 1. The molecule has 0 bridgehead atoms. The summed E-state index contributed by atoms with van der Waals surface area (Å²) in [6.45, 7) is 0.705. The fraction of sp³-hybridized carbons (Fsp3) is 0.312. The minimum absolute atomic E-state index is 0.0460. The minimum atomic E-state index is -0.228. The van der Waals surface area contributed by atoms with E-state index >= 15 is 0 Å². The van der Waals surface area contributed by atoms with E-state index in [1.54, 1.807) is 11.3 Å². The second-order valence-electron chi connectivity index (χ2n) is 4.65. The van der Waals surface area contributed by atoms with Crippen LogP contribution in [-0.4, -0.2) is 24.8 Å². The van der Waals surface area contributed by atoms with Crippen molar-refractivity contribution < 1.29 is 14.6 Å².